The number of allylic oxidation sites excluding steroid dienone is 2. The monoisotopic (exact) mass is 582 g/mol. The molecule has 3 atom stereocenters. The molecule has 4 aromatic carbocycles. The van der Waals surface area contributed by atoms with Crippen molar-refractivity contribution >= 4 is 74.0 Å². The number of aromatic nitrogens is 3. The smallest absolute Gasteiger partial charge is 0.216 e. The van der Waals surface area contributed by atoms with Gasteiger partial charge in [0.25, 0.3) is 0 Å². The van der Waals surface area contributed by atoms with Crippen LogP contribution in [-0.4, -0.2) is 32.0 Å². The highest BCUT2D eigenvalue weighted by Crippen LogP contribution is 2.48. The Morgan fingerprint density at radius 1 is 0.733 bits per heavy atom. The number of benzene rings is 4. The van der Waals surface area contributed by atoms with Crippen molar-refractivity contribution in [2.24, 2.45) is 4.99 Å². The second-order valence-electron chi connectivity index (χ2n) is 12.2. The van der Waals surface area contributed by atoms with Crippen molar-refractivity contribution in [1.82, 2.24) is 14.0 Å². The first kappa shape index (κ1) is 23.6. The van der Waals surface area contributed by atoms with Crippen LogP contribution >= 0.6 is 0 Å². The molecule has 2 aliphatic carbocycles. The first-order chi connectivity index (χ1) is 22.3. The minimum atomic E-state index is 0.0880. The molecule has 0 amide bonds. The lowest BCUT2D eigenvalue weighted by Crippen LogP contribution is -2.39. The average Bonchev–Trinajstić information content (AvgIpc) is 3.87. The van der Waals surface area contributed by atoms with Gasteiger partial charge in [-0.2, -0.15) is 0 Å². The Bertz CT molecular complexity index is 2630. The predicted molar refractivity (Wildman–Crippen MR) is 181 cm³/mol. The molecule has 2 aliphatic heterocycles. The fraction of sp³-hybridized carbons (Fsp3) is 0.105. The fourth-order valence-corrected chi connectivity index (χ4v) is 7.92. The Morgan fingerprint density at radius 2 is 1.51 bits per heavy atom. The molecular formula is C38H26N6O. The van der Waals surface area contributed by atoms with Gasteiger partial charge in [-0.3, -0.25) is 9.30 Å². The van der Waals surface area contributed by atoms with Crippen LogP contribution in [0.15, 0.2) is 125 Å². The normalized spacial score (nSPS) is 21.2. The molecule has 5 heterocycles. The van der Waals surface area contributed by atoms with Gasteiger partial charge >= 0.3 is 0 Å². The van der Waals surface area contributed by atoms with Crippen LogP contribution < -0.4 is 20.4 Å². The van der Waals surface area contributed by atoms with Crippen molar-refractivity contribution < 1.29 is 4.42 Å². The predicted octanol–water partition coefficient (Wildman–Crippen LogP) is 6.59. The van der Waals surface area contributed by atoms with Crippen molar-refractivity contribution in [3.05, 3.63) is 126 Å². The number of para-hydroxylation sites is 7. The third kappa shape index (κ3) is 2.99. The Hall–Kier alpha value is -5.82. The minimum absolute atomic E-state index is 0.0880. The number of imidazole rings is 2. The highest BCUT2D eigenvalue weighted by atomic mass is 16.3. The molecule has 0 saturated heterocycles. The highest BCUT2D eigenvalue weighted by Gasteiger charge is 2.45. The van der Waals surface area contributed by atoms with Gasteiger partial charge in [-0.05, 0) is 61.0 Å². The average molecular weight is 583 g/mol. The number of hydrogen-bond acceptors (Lipinski definition) is 5. The lowest BCUT2D eigenvalue weighted by Gasteiger charge is -2.24. The molecule has 3 unspecified atom stereocenters. The number of rotatable bonds is 2. The summed E-state index contributed by atoms with van der Waals surface area (Å²) in [7, 11) is 0. The van der Waals surface area contributed by atoms with Crippen LogP contribution in [0.5, 0.6) is 0 Å². The van der Waals surface area contributed by atoms with E-state index in [1.54, 1.807) is 0 Å². The number of furan rings is 1. The molecule has 0 radical (unpaired) electrons. The van der Waals surface area contributed by atoms with Gasteiger partial charge in [0, 0.05) is 10.6 Å². The second-order valence-corrected chi connectivity index (χ2v) is 12.2. The van der Waals surface area contributed by atoms with Crippen LogP contribution in [0.1, 0.15) is 12.5 Å². The molecule has 3 aromatic heterocycles. The first-order valence-corrected chi connectivity index (χ1v) is 15.5. The van der Waals surface area contributed by atoms with E-state index in [0.29, 0.717) is 0 Å². The topological polar surface area (TPSA) is 54.2 Å². The molecule has 7 heteroatoms. The summed E-state index contributed by atoms with van der Waals surface area (Å²) in [6.07, 6.45) is 14.1. The SMILES string of the molecule is C1=CC2N=C3N(c4cccc5c6c(oc45)=CCC(n4c5ccccc5n5c7ccccc7nc45)C=6)c4ccccc4N3C2C=C1. The lowest BCUT2D eigenvalue weighted by atomic mass is 10.0. The fourth-order valence-electron chi connectivity index (χ4n) is 7.92. The van der Waals surface area contributed by atoms with Crippen LogP contribution in [-0.2, 0) is 0 Å². The van der Waals surface area contributed by atoms with E-state index >= 15 is 0 Å². The van der Waals surface area contributed by atoms with Crippen LogP contribution in [0, 0.1) is 0 Å². The third-order valence-corrected chi connectivity index (χ3v) is 9.82. The van der Waals surface area contributed by atoms with E-state index in [4.69, 9.17) is 14.4 Å². The summed E-state index contributed by atoms with van der Waals surface area (Å²) in [5.41, 5.74) is 9.58. The van der Waals surface area contributed by atoms with E-state index < -0.39 is 0 Å². The number of anilines is 3. The van der Waals surface area contributed by atoms with Gasteiger partial charge in [-0.25, -0.2) is 9.98 Å². The maximum Gasteiger partial charge on any atom is 0.216 e. The first-order valence-electron chi connectivity index (χ1n) is 15.5. The van der Waals surface area contributed by atoms with E-state index in [1.165, 1.54) is 16.7 Å². The number of hydrogen-bond donors (Lipinski definition) is 0. The van der Waals surface area contributed by atoms with Crippen LogP contribution in [0.4, 0.5) is 17.1 Å². The van der Waals surface area contributed by atoms with E-state index in [1.807, 2.05) is 0 Å². The minimum Gasteiger partial charge on any atom is -0.454 e. The molecule has 214 valence electrons. The van der Waals surface area contributed by atoms with Gasteiger partial charge in [0.15, 0.2) is 5.58 Å². The molecular weight excluding hydrogens is 556 g/mol. The molecule has 7 nitrogen and oxygen atoms in total. The number of fused-ring (bicyclic) bond motifs is 13. The zero-order valence-electron chi connectivity index (χ0n) is 24.2. The molecule has 0 fully saturated rings. The van der Waals surface area contributed by atoms with Gasteiger partial charge in [0.1, 0.15) is 5.42 Å². The molecule has 45 heavy (non-hydrogen) atoms. The molecule has 0 N–H and O–H groups in total. The zero-order valence-corrected chi connectivity index (χ0v) is 24.2. The second kappa shape index (κ2) is 8.42. The number of aliphatic imine (C=N–C) groups is 1. The third-order valence-electron chi connectivity index (χ3n) is 9.82. The van der Waals surface area contributed by atoms with Crippen molar-refractivity contribution in [1.29, 1.82) is 0 Å². The Morgan fingerprint density at radius 3 is 2.44 bits per heavy atom. The molecule has 0 saturated carbocycles. The van der Waals surface area contributed by atoms with Crippen LogP contribution in [0.25, 0.3) is 51.0 Å². The molecule has 0 spiro atoms. The summed E-state index contributed by atoms with van der Waals surface area (Å²) >= 11 is 0. The van der Waals surface area contributed by atoms with E-state index in [2.05, 4.69) is 146 Å². The summed E-state index contributed by atoms with van der Waals surface area (Å²) in [5.74, 6) is 1.91. The van der Waals surface area contributed by atoms with Crippen LogP contribution in [0.2, 0.25) is 0 Å². The maximum absolute atomic E-state index is 6.74. The van der Waals surface area contributed by atoms with E-state index in [0.717, 1.165) is 62.2 Å². The van der Waals surface area contributed by atoms with Gasteiger partial charge < -0.3 is 13.9 Å². The van der Waals surface area contributed by atoms with Crippen molar-refractivity contribution in [3.8, 4) is 0 Å². The highest BCUT2D eigenvalue weighted by molar-refractivity contribution is 6.23. The summed E-state index contributed by atoms with van der Waals surface area (Å²) in [5, 5.41) is 2.24. The summed E-state index contributed by atoms with van der Waals surface area (Å²) in [6.45, 7) is 0. The number of guanidine groups is 1. The summed E-state index contributed by atoms with van der Waals surface area (Å²) < 4.78 is 11.4. The van der Waals surface area contributed by atoms with Crippen molar-refractivity contribution in [2.75, 3.05) is 9.80 Å². The Balaban J connectivity index is 1.11. The summed E-state index contributed by atoms with van der Waals surface area (Å²) in [6, 6.07) is 32.4. The lowest BCUT2D eigenvalue weighted by molar-refractivity contribution is 0.564. The Kier molecular flexibility index (Phi) is 4.42. The van der Waals surface area contributed by atoms with Gasteiger partial charge in [-0.15, -0.1) is 0 Å². The van der Waals surface area contributed by atoms with Crippen LogP contribution in [0.3, 0.4) is 0 Å². The quantitative estimate of drug-likeness (QED) is 0.231. The molecule has 4 aliphatic rings. The van der Waals surface area contributed by atoms with Gasteiger partial charge in [-0.1, -0.05) is 72.8 Å². The molecule has 11 rings (SSSR count). The Labute approximate surface area is 257 Å². The van der Waals surface area contributed by atoms with Crippen molar-refractivity contribution in [2.45, 2.75) is 24.5 Å². The zero-order chi connectivity index (χ0) is 29.2. The standard InChI is InChI=1S/C38H26N6O/c1-3-13-28-26(11-1)39-37-41(30-15-5-6-16-31(30)42(28)37)23-20-21-35-25(22-23)24-10-9-19-34(36(24)45-35)44-33-18-8-7-17-32(33)43-29-14-4-2-12-27(29)40-38(43)44/h1-19,21-23,27,29H,20H2. The largest absolute Gasteiger partial charge is 0.454 e. The molecule has 0 bridgehead atoms. The van der Waals surface area contributed by atoms with Gasteiger partial charge in [0.2, 0.25) is 11.7 Å². The van der Waals surface area contributed by atoms with Gasteiger partial charge in [0.05, 0.1) is 57.3 Å². The number of nitrogens with zero attached hydrogens (tertiary/aromatic N) is 6. The maximum atomic E-state index is 6.74. The summed E-state index contributed by atoms with van der Waals surface area (Å²) in [4.78, 5) is 15.0. The van der Waals surface area contributed by atoms with Crippen molar-refractivity contribution in [3.63, 3.8) is 0 Å². The molecule has 7 aromatic rings. The van der Waals surface area contributed by atoms with E-state index in [9.17, 15) is 0 Å². The van der Waals surface area contributed by atoms with E-state index in [-0.39, 0.29) is 18.1 Å².